The van der Waals surface area contributed by atoms with Crippen molar-refractivity contribution in [3.63, 3.8) is 0 Å². The molecule has 0 aromatic heterocycles. The first kappa shape index (κ1) is 15.9. The minimum Gasteiger partial charge on any atom is -0.481 e. The molecule has 118 valence electrons. The lowest BCUT2D eigenvalue weighted by Crippen LogP contribution is -2.49. The van der Waals surface area contributed by atoms with Crippen molar-refractivity contribution in [3.05, 3.63) is 11.6 Å². The van der Waals surface area contributed by atoms with Crippen molar-refractivity contribution in [1.82, 2.24) is 10.2 Å². The first-order chi connectivity index (χ1) is 9.93. The highest BCUT2D eigenvalue weighted by Gasteiger charge is 2.41. The zero-order valence-corrected chi connectivity index (χ0v) is 13.0. The van der Waals surface area contributed by atoms with E-state index in [4.69, 9.17) is 0 Å². The molecule has 0 saturated heterocycles. The summed E-state index contributed by atoms with van der Waals surface area (Å²) in [6.45, 7) is 5.80. The fraction of sp³-hybridized carbons (Fsp3) is 0.750. The van der Waals surface area contributed by atoms with Gasteiger partial charge in [0.05, 0.1) is 5.41 Å². The van der Waals surface area contributed by atoms with Gasteiger partial charge in [0.25, 0.3) is 0 Å². The summed E-state index contributed by atoms with van der Waals surface area (Å²) in [5, 5.41) is 12.4. The molecule has 1 saturated carbocycles. The molecule has 5 nitrogen and oxygen atoms in total. The van der Waals surface area contributed by atoms with E-state index in [1.807, 2.05) is 0 Å². The van der Waals surface area contributed by atoms with Gasteiger partial charge < -0.3 is 15.3 Å². The summed E-state index contributed by atoms with van der Waals surface area (Å²) in [6, 6.07) is -0.141. The van der Waals surface area contributed by atoms with E-state index < -0.39 is 11.4 Å². The number of hydrogen-bond donors (Lipinski definition) is 2. The summed E-state index contributed by atoms with van der Waals surface area (Å²) in [7, 11) is 0. The molecule has 0 atom stereocenters. The Kier molecular flexibility index (Phi) is 4.91. The summed E-state index contributed by atoms with van der Waals surface area (Å²) < 4.78 is 0. The average molecular weight is 294 g/mol. The Balaban J connectivity index is 1.90. The third kappa shape index (κ3) is 3.77. The fourth-order valence-electron chi connectivity index (χ4n) is 3.09. The highest BCUT2D eigenvalue weighted by atomic mass is 16.4. The molecular formula is C16H26N2O3. The maximum Gasteiger partial charge on any atom is 0.317 e. The number of nitrogens with zero attached hydrogens (tertiary/aromatic N) is 1. The molecule has 1 aliphatic heterocycles. The normalized spacial score (nSPS) is 29.7. The van der Waals surface area contributed by atoms with Crippen LogP contribution in [0.1, 0.15) is 46.0 Å². The number of hydrogen-bond acceptors (Lipinski definition) is 2. The Bertz CT molecular complexity index is 437. The Morgan fingerprint density at radius 2 is 2.10 bits per heavy atom. The van der Waals surface area contributed by atoms with Crippen LogP contribution in [-0.4, -0.2) is 41.6 Å². The number of nitrogens with one attached hydrogen (secondary N) is 1. The minimum absolute atomic E-state index is 0.141. The van der Waals surface area contributed by atoms with Gasteiger partial charge in [-0.3, -0.25) is 4.79 Å². The van der Waals surface area contributed by atoms with Crippen LogP contribution in [0.25, 0.3) is 0 Å². The summed E-state index contributed by atoms with van der Waals surface area (Å²) in [4.78, 5) is 25.6. The van der Waals surface area contributed by atoms with Gasteiger partial charge in [-0.05, 0) is 44.9 Å². The molecule has 2 aliphatic rings. The summed E-state index contributed by atoms with van der Waals surface area (Å²) >= 11 is 0. The van der Waals surface area contributed by atoms with Crippen molar-refractivity contribution in [2.75, 3.05) is 19.6 Å². The standard InChI is InChI=1S/C16H26N2O3/c1-12-3-7-16(8-4-12,14(19)20)11-17-15(21)18-9-5-13(2)6-10-18/h5,12H,3-4,6-11H2,1-2H3,(H,17,21)(H,19,20). The van der Waals surface area contributed by atoms with Gasteiger partial charge in [-0.25, -0.2) is 4.79 Å². The molecule has 21 heavy (non-hydrogen) atoms. The highest BCUT2D eigenvalue weighted by Crippen LogP contribution is 2.38. The summed E-state index contributed by atoms with van der Waals surface area (Å²) in [6.07, 6.45) is 6.11. The fourth-order valence-corrected chi connectivity index (χ4v) is 3.09. The van der Waals surface area contributed by atoms with Crippen molar-refractivity contribution in [3.8, 4) is 0 Å². The van der Waals surface area contributed by atoms with Gasteiger partial charge in [-0.1, -0.05) is 18.6 Å². The molecule has 0 spiro atoms. The van der Waals surface area contributed by atoms with E-state index in [9.17, 15) is 14.7 Å². The van der Waals surface area contributed by atoms with Crippen molar-refractivity contribution in [2.45, 2.75) is 46.0 Å². The zero-order valence-electron chi connectivity index (χ0n) is 13.0. The molecule has 0 aromatic rings. The molecule has 0 radical (unpaired) electrons. The van der Waals surface area contributed by atoms with Crippen LogP contribution in [-0.2, 0) is 4.79 Å². The summed E-state index contributed by atoms with van der Waals surface area (Å²) in [5.74, 6) is -0.188. The Morgan fingerprint density at radius 3 is 2.62 bits per heavy atom. The molecule has 0 unspecified atom stereocenters. The van der Waals surface area contributed by atoms with Crippen LogP contribution in [0.3, 0.4) is 0 Å². The molecule has 2 amide bonds. The van der Waals surface area contributed by atoms with Crippen LogP contribution < -0.4 is 5.32 Å². The zero-order chi connectivity index (χ0) is 15.5. The molecule has 2 N–H and O–H groups in total. The van der Waals surface area contributed by atoms with E-state index >= 15 is 0 Å². The van der Waals surface area contributed by atoms with Gasteiger partial charge in [0.1, 0.15) is 0 Å². The maximum atomic E-state index is 12.2. The molecule has 1 aliphatic carbocycles. The molecule has 0 bridgehead atoms. The third-order valence-electron chi connectivity index (χ3n) is 4.99. The lowest BCUT2D eigenvalue weighted by atomic mass is 9.71. The Morgan fingerprint density at radius 1 is 1.43 bits per heavy atom. The topological polar surface area (TPSA) is 69.6 Å². The van der Waals surface area contributed by atoms with Crippen LogP contribution in [0.5, 0.6) is 0 Å². The lowest BCUT2D eigenvalue weighted by Gasteiger charge is -2.36. The number of aliphatic carboxylic acids is 1. The SMILES string of the molecule is CC1=CCN(C(=O)NCC2(C(=O)O)CCC(C)CC2)CC1. The van der Waals surface area contributed by atoms with Gasteiger partial charge in [0, 0.05) is 19.6 Å². The second kappa shape index (κ2) is 6.50. The Labute approximate surface area is 126 Å². The van der Waals surface area contributed by atoms with Crippen LogP contribution in [0, 0.1) is 11.3 Å². The maximum absolute atomic E-state index is 12.2. The van der Waals surface area contributed by atoms with Crippen molar-refractivity contribution in [1.29, 1.82) is 0 Å². The predicted molar refractivity (Wildman–Crippen MR) is 81.0 cm³/mol. The quantitative estimate of drug-likeness (QED) is 0.786. The number of carboxylic acids is 1. The van der Waals surface area contributed by atoms with E-state index in [0.717, 1.165) is 19.3 Å². The molecule has 1 fully saturated rings. The smallest absolute Gasteiger partial charge is 0.317 e. The number of rotatable bonds is 3. The van der Waals surface area contributed by atoms with Crippen LogP contribution in [0.15, 0.2) is 11.6 Å². The number of amides is 2. The first-order valence-corrected chi connectivity index (χ1v) is 7.85. The van der Waals surface area contributed by atoms with Crippen LogP contribution in [0.2, 0.25) is 0 Å². The van der Waals surface area contributed by atoms with Gasteiger partial charge in [0.15, 0.2) is 0 Å². The van der Waals surface area contributed by atoms with E-state index in [0.29, 0.717) is 31.8 Å². The van der Waals surface area contributed by atoms with Gasteiger partial charge in [-0.2, -0.15) is 0 Å². The Hall–Kier alpha value is -1.52. The highest BCUT2D eigenvalue weighted by molar-refractivity contribution is 5.78. The second-order valence-electron chi connectivity index (χ2n) is 6.67. The van der Waals surface area contributed by atoms with Crippen LogP contribution in [0.4, 0.5) is 4.79 Å². The van der Waals surface area contributed by atoms with Gasteiger partial charge >= 0.3 is 12.0 Å². The number of carboxylic acid groups (broad SMARTS) is 1. The lowest BCUT2D eigenvalue weighted by molar-refractivity contribution is -0.151. The average Bonchev–Trinajstić information content (AvgIpc) is 2.47. The van der Waals surface area contributed by atoms with Crippen molar-refractivity contribution < 1.29 is 14.7 Å². The second-order valence-corrected chi connectivity index (χ2v) is 6.67. The first-order valence-electron chi connectivity index (χ1n) is 7.85. The minimum atomic E-state index is -0.774. The van der Waals surface area contributed by atoms with Crippen molar-refractivity contribution >= 4 is 12.0 Å². The molecular weight excluding hydrogens is 268 g/mol. The van der Waals surface area contributed by atoms with E-state index in [1.165, 1.54) is 5.57 Å². The largest absolute Gasteiger partial charge is 0.481 e. The van der Waals surface area contributed by atoms with E-state index in [1.54, 1.807) is 4.90 Å². The number of urea groups is 1. The van der Waals surface area contributed by atoms with Crippen LogP contribution >= 0.6 is 0 Å². The number of carbonyl (C=O) groups is 2. The van der Waals surface area contributed by atoms with Gasteiger partial charge in [-0.15, -0.1) is 0 Å². The molecule has 0 aromatic carbocycles. The molecule has 1 heterocycles. The molecule has 5 heteroatoms. The van der Waals surface area contributed by atoms with Gasteiger partial charge in [0.2, 0.25) is 0 Å². The third-order valence-corrected chi connectivity index (χ3v) is 4.99. The predicted octanol–water partition coefficient (Wildman–Crippen LogP) is 2.63. The summed E-state index contributed by atoms with van der Waals surface area (Å²) in [5.41, 5.74) is 0.534. The monoisotopic (exact) mass is 294 g/mol. The van der Waals surface area contributed by atoms with Crippen molar-refractivity contribution in [2.24, 2.45) is 11.3 Å². The molecule has 2 rings (SSSR count). The number of carbonyl (C=O) groups excluding carboxylic acids is 1. The van der Waals surface area contributed by atoms with E-state index in [-0.39, 0.29) is 12.6 Å². The van der Waals surface area contributed by atoms with E-state index in [2.05, 4.69) is 25.2 Å².